The zero-order valence-corrected chi connectivity index (χ0v) is 26.4. The van der Waals surface area contributed by atoms with Crippen molar-refractivity contribution < 1.29 is 19.1 Å². The van der Waals surface area contributed by atoms with E-state index >= 15 is 0 Å². The van der Waals surface area contributed by atoms with Gasteiger partial charge in [0.25, 0.3) is 0 Å². The van der Waals surface area contributed by atoms with Crippen molar-refractivity contribution in [2.75, 3.05) is 18.4 Å². The van der Waals surface area contributed by atoms with E-state index in [-0.39, 0.29) is 21.8 Å². The Morgan fingerprint density at radius 3 is 2.76 bits per heavy atom. The summed E-state index contributed by atoms with van der Waals surface area (Å²) < 4.78 is 8.09. The van der Waals surface area contributed by atoms with E-state index in [0.717, 1.165) is 47.3 Å². The van der Waals surface area contributed by atoms with Crippen LogP contribution in [0.5, 0.6) is 11.5 Å². The molecule has 8 nitrogen and oxygen atoms in total. The number of allylic oxidation sites excluding steroid dienone is 1. The molecule has 1 saturated heterocycles. The number of nitrogens with zero attached hydrogens (tertiary/aromatic N) is 2. The molecule has 2 aliphatic heterocycles. The molecule has 4 heterocycles. The molecule has 0 radical (unpaired) electrons. The normalized spacial score (nSPS) is 16.6. The maximum absolute atomic E-state index is 13.7. The molecular weight excluding hydrogens is 643 g/mol. The van der Waals surface area contributed by atoms with Crippen molar-refractivity contribution in [1.29, 1.82) is 0 Å². The summed E-state index contributed by atoms with van der Waals surface area (Å²) >= 11 is -1.79. The van der Waals surface area contributed by atoms with Crippen molar-refractivity contribution in [2.24, 2.45) is 0 Å². The second kappa shape index (κ2) is 11.7. The van der Waals surface area contributed by atoms with Crippen molar-refractivity contribution >= 4 is 69.9 Å². The van der Waals surface area contributed by atoms with E-state index in [1.54, 1.807) is 23.2 Å². The summed E-state index contributed by atoms with van der Waals surface area (Å²) in [5, 5.41) is 7.11. The molecule has 2 aromatic heterocycles. The molecule has 0 aliphatic carbocycles. The third-order valence-corrected chi connectivity index (χ3v) is 16.0. The van der Waals surface area contributed by atoms with E-state index in [2.05, 4.69) is 15.6 Å². The number of benzene rings is 2. The van der Waals surface area contributed by atoms with Gasteiger partial charge in [0.05, 0.1) is 0 Å². The van der Waals surface area contributed by atoms with E-state index in [4.69, 9.17) is 4.74 Å². The number of ether oxygens (including phenoxy) is 1. The molecule has 1 fully saturated rings. The first-order valence-corrected chi connectivity index (χ1v) is 18.7. The van der Waals surface area contributed by atoms with E-state index in [1.807, 2.05) is 68.4 Å². The molecule has 4 aromatic rings. The Morgan fingerprint density at radius 1 is 1.15 bits per heavy atom. The number of carbonyl (C=O) groups is 3. The van der Waals surface area contributed by atoms with Gasteiger partial charge in [-0.3, -0.25) is 0 Å². The molecule has 2 aromatic carbocycles. The Balaban J connectivity index is 1.28. The molecule has 0 spiro atoms. The van der Waals surface area contributed by atoms with E-state index in [9.17, 15) is 14.4 Å². The van der Waals surface area contributed by atoms with Gasteiger partial charge in [0.15, 0.2) is 0 Å². The van der Waals surface area contributed by atoms with Crippen LogP contribution in [0.4, 0.5) is 10.5 Å². The zero-order chi connectivity index (χ0) is 28.5. The van der Waals surface area contributed by atoms with E-state index in [0.29, 0.717) is 23.7 Å². The van der Waals surface area contributed by atoms with Gasteiger partial charge in [-0.15, -0.1) is 0 Å². The fourth-order valence-corrected chi connectivity index (χ4v) is 13.8. The van der Waals surface area contributed by atoms with Crippen molar-refractivity contribution in [1.82, 2.24) is 15.2 Å². The predicted octanol–water partition coefficient (Wildman–Crippen LogP) is 4.43. The molecule has 3 amide bonds. The number of aromatic nitrogens is 1. The van der Waals surface area contributed by atoms with Crippen LogP contribution in [0, 0.1) is 6.92 Å². The first kappa shape index (κ1) is 27.5. The SMILES string of the molecule is C/C=C/C(=O)N1CCC[C@@H](NC(=O)c2sc3ncc[c]4c3c2N[C](=O)[Sn+]4[c]2ccc(Oc3ccccc3)cc2C)C1. The molecular formula is C31H29N4O4SSn+. The number of thiophene rings is 1. The third kappa shape index (κ3) is 5.48. The average Bonchev–Trinajstić information content (AvgIpc) is 3.34. The number of pyridine rings is 1. The number of likely N-dealkylation sites (tertiary alicyclic amines) is 1. The monoisotopic (exact) mass is 673 g/mol. The number of hydrogen-bond donors (Lipinski definition) is 2. The molecule has 0 bridgehead atoms. The van der Waals surface area contributed by atoms with Crippen molar-refractivity contribution in [3.63, 3.8) is 0 Å². The van der Waals surface area contributed by atoms with Crippen molar-refractivity contribution in [3.05, 3.63) is 83.4 Å². The van der Waals surface area contributed by atoms with Crippen molar-refractivity contribution in [2.45, 2.75) is 32.7 Å². The molecule has 1 atom stereocenters. The van der Waals surface area contributed by atoms with Crippen LogP contribution in [-0.2, 0) is 4.79 Å². The molecule has 206 valence electrons. The zero-order valence-electron chi connectivity index (χ0n) is 22.8. The van der Waals surface area contributed by atoms with Gasteiger partial charge >= 0.3 is 243 Å². The van der Waals surface area contributed by atoms with Gasteiger partial charge in [0.1, 0.15) is 0 Å². The molecule has 2 N–H and O–H groups in total. The third-order valence-electron chi connectivity index (χ3n) is 7.36. The molecule has 41 heavy (non-hydrogen) atoms. The van der Waals surface area contributed by atoms with Gasteiger partial charge in [-0.2, -0.15) is 0 Å². The predicted molar refractivity (Wildman–Crippen MR) is 163 cm³/mol. The molecule has 0 saturated carbocycles. The van der Waals surface area contributed by atoms with Crippen LogP contribution < -0.4 is 22.5 Å². The number of para-hydroxylation sites is 1. The Morgan fingerprint density at radius 2 is 1.98 bits per heavy atom. The number of carbonyl (C=O) groups excluding carboxylic acids is 3. The maximum atomic E-state index is 13.7. The first-order chi connectivity index (χ1) is 19.9. The summed E-state index contributed by atoms with van der Waals surface area (Å²) in [6.07, 6.45) is 6.64. The Labute approximate surface area is 249 Å². The standard InChI is InChI=1S/C18H18N4O3S.C13H11O.Sn/c1-2-5-14(24)22-9-4-6-12(10-22)21-17(25)16-15(20-11-23)13-7-3-8-19-18(13)26-16;1-11-6-5-9-13(10-11)14-12-7-3-2-4-8-12;/h2-3,5,8,12H,4,6,9-10H2,1H3,(H,20,23)(H,21,25);2-5,7-10H,1H3;/q;;+1/b5-2+;;/t12-;;/m1../s1. The van der Waals surface area contributed by atoms with Gasteiger partial charge in [-0.25, -0.2) is 0 Å². The number of rotatable bonds is 6. The second-order valence-corrected chi connectivity index (χ2v) is 17.7. The number of hydrogen-bond acceptors (Lipinski definition) is 6. The fraction of sp³-hybridized carbons (Fsp3) is 0.226. The average molecular weight is 672 g/mol. The number of amides is 3. The van der Waals surface area contributed by atoms with Crippen LogP contribution >= 0.6 is 11.3 Å². The minimum absolute atomic E-state index is 0.000434. The number of nitrogens with one attached hydrogen (secondary N) is 2. The second-order valence-electron chi connectivity index (χ2n) is 10.2. The van der Waals surface area contributed by atoms with Gasteiger partial charge in [-0.1, -0.05) is 0 Å². The van der Waals surface area contributed by atoms with Crippen LogP contribution in [0.1, 0.15) is 35.0 Å². The Bertz CT molecular complexity index is 1690. The first-order valence-electron chi connectivity index (χ1n) is 13.6. The van der Waals surface area contributed by atoms with Gasteiger partial charge in [0, 0.05) is 0 Å². The summed E-state index contributed by atoms with van der Waals surface area (Å²) in [5.41, 5.74) is 1.57. The molecule has 6 rings (SSSR count). The van der Waals surface area contributed by atoms with Gasteiger partial charge in [-0.05, 0) is 6.92 Å². The van der Waals surface area contributed by atoms with Crippen molar-refractivity contribution in [3.8, 4) is 11.5 Å². The van der Waals surface area contributed by atoms with Crippen LogP contribution in [0.2, 0.25) is 0 Å². The Hall–Kier alpha value is -3.70. The Kier molecular flexibility index (Phi) is 7.81. The quantitative estimate of drug-likeness (QED) is 0.233. The van der Waals surface area contributed by atoms with E-state index in [1.165, 1.54) is 11.3 Å². The molecule has 0 unspecified atom stereocenters. The summed E-state index contributed by atoms with van der Waals surface area (Å²) in [6, 6.07) is 17.3. The van der Waals surface area contributed by atoms with Gasteiger partial charge in [0.2, 0.25) is 0 Å². The summed E-state index contributed by atoms with van der Waals surface area (Å²) in [6.45, 7) is 4.98. The van der Waals surface area contributed by atoms with E-state index < -0.39 is 19.8 Å². The number of piperidine rings is 1. The summed E-state index contributed by atoms with van der Waals surface area (Å²) in [7, 11) is 0. The summed E-state index contributed by atoms with van der Waals surface area (Å²) in [4.78, 5) is 47.1. The van der Waals surface area contributed by atoms with Crippen LogP contribution in [-0.4, -0.2) is 64.5 Å². The number of aryl methyl sites for hydroxylation is 1. The number of anilines is 1. The van der Waals surface area contributed by atoms with Gasteiger partial charge < -0.3 is 0 Å². The van der Waals surface area contributed by atoms with Crippen LogP contribution in [0.3, 0.4) is 0 Å². The van der Waals surface area contributed by atoms with Crippen LogP contribution in [0.15, 0.2) is 72.9 Å². The minimum atomic E-state index is -3.09. The summed E-state index contributed by atoms with van der Waals surface area (Å²) in [5.74, 6) is 1.19. The fourth-order valence-electron chi connectivity index (χ4n) is 5.47. The van der Waals surface area contributed by atoms with Crippen LogP contribution in [0.25, 0.3) is 10.2 Å². The topological polar surface area (TPSA) is 101 Å². The molecule has 2 aliphatic rings. The molecule has 10 heteroatoms.